The van der Waals surface area contributed by atoms with E-state index in [1.807, 2.05) is 0 Å². The van der Waals surface area contributed by atoms with Crippen molar-refractivity contribution in [2.45, 2.75) is 77.8 Å². The second-order valence-electron chi connectivity index (χ2n) is 7.30. The zero-order valence-corrected chi connectivity index (χ0v) is 14.1. The van der Waals surface area contributed by atoms with E-state index in [0.29, 0.717) is 6.04 Å². The van der Waals surface area contributed by atoms with Crippen LogP contribution in [0.5, 0.6) is 0 Å². The van der Waals surface area contributed by atoms with Crippen molar-refractivity contribution in [3.05, 3.63) is 35.9 Å². The molecule has 1 aromatic rings. The highest BCUT2D eigenvalue weighted by Gasteiger charge is 2.21. The molecule has 0 amide bonds. The van der Waals surface area contributed by atoms with Crippen LogP contribution in [-0.2, 0) is 6.42 Å². The van der Waals surface area contributed by atoms with Crippen LogP contribution in [0.25, 0.3) is 0 Å². The SMILES string of the molecule is CC(CCc1ccccc1)NC1CCCC(C(C)C)CC1. The summed E-state index contributed by atoms with van der Waals surface area (Å²) in [4.78, 5) is 0. The second-order valence-corrected chi connectivity index (χ2v) is 7.30. The molecule has 1 nitrogen and oxygen atoms in total. The summed E-state index contributed by atoms with van der Waals surface area (Å²) in [5, 5.41) is 3.89. The van der Waals surface area contributed by atoms with Gasteiger partial charge in [-0.05, 0) is 56.4 Å². The lowest BCUT2D eigenvalue weighted by molar-refractivity contribution is 0.333. The third-order valence-electron chi connectivity index (χ3n) is 5.19. The van der Waals surface area contributed by atoms with Crippen LogP contribution in [0.1, 0.15) is 64.9 Å². The first-order valence-electron chi connectivity index (χ1n) is 8.95. The summed E-state index contributed by atoms with van der Waals surface area (Å²) in [7, 11) is 0. The molecule has 3 unspecified atom stereocenters. The Morgan fingerprint density at radius 2 is 1.76 bits per heavy atom. The number of aryl methyl sites for hydroxylation is 1. The fraction of sp³-hybridized carbons (Fsp3) is 0.700. The normalized spacial score (nSPS) is 24.8. The van der Waals surface area contributed by atoms with Gasteiger partial charge in [-0.25, -0.2) is 0 Å². The third kappa shape index (κ3) is 5.82. The summed E-state index contributed by atoms with van der Waals surface area (Å²) >= 11 is 0. The lowest BCUT2D eigenvalue weighted by Gasteiger charge is -2.23. The molecule has 0 bridgehead atoms. The average Bonchev–Trinajstić information content (AvgIpc) is 2.72. The van der Waals surface area contributed by atoms with Crippen LogP contribution in [0.2, 0.25) is 0 Å². The second kappa shape index (κ2) is 8.58. The fourth-order valence-electron chi connectivity index (χ4n) is 3.68. The van der Waals surface area contributed by atoms with Gasteiger partial charge in [0.25, 0.3) is 0 Å². The van der Waals surface area contributed by atoms with Gasteiger partial charge in [-0.1, -0.05) is 57.0 Å². The molecule has 1 heteroatoms. The zero-order chi connectivity index (χ0) is 15.1. The molecule has 0 aliphatic heterocycles. The molecule has 0 spiro atoms. The minimum atomic E-state index is 0.630. The number of hydrogen-bond donors (Lipinski definition) is 1. The van der Waals surface area contributed by atoms with Gasteiger partial charge < -0.3 is 5.32 Å². The summed E-state index contributed by atoms with van der Waals surface area (Å²) in [6.07, 6.45) is 9.45. The minimum absolute atomic E-state index is 0.630. The molecule has 0 heterocycles. The van der Waals surface area contributed by atoms with E-state index in [2.05, 4.69) is 56.4 Å². The van der Waals surface area contributed by atoms with Gasteiger partial charge in [0.05, 0.1) is 0 Å². The molecule has 0 saturated heterocycles. The van der Waals surface area contributed by atoms with E-state index < -0.39 is 0 Å². The Kier molecular flexibility index (Phi) is 6.76. The van der Waals surface area contributed by atoms with E-state index >= 15 is 0 Å². The lowest BCUT2D eigenvalue weighted by Crippen LogP contribution is -2.36. The molecule has 1 aromatic carbocycles. The predicted molar refractivity (Wildman–Crippen MR) is 92.6 cm³/mol. The maximum absolute atomic E-state index is 3.89. The van der Waals surface area contributed by atoms with Gasteiger partial charge in [0, 0.05) is 12.1 Å². The average molecular weight is 287 g/mol. The van der Waals surface area contributed by atoms with Gasteiger partial charge in [0.1, 0.15) is 0 Å². The van der Waals surface area contributed by atoms with Gasteiger partial charge in [-0.2, -0.15) is 0 Å². The molecular weight excluding hydrogens is 254 g/mol. The molecule has 1 aliphatic rings. The van der Waals surface area contributed by atoms with Crippen molar-refractivity contribution >= 4 is 0 Å². The summed E-state index contributed by atoms with van der Waals surface area (Å²) in [5.41, 5.74) is 1.46. The Labute approximate surface area is 131 Å². The van der Waals surface area contributed by atoms with Gasteiger partial charge in [-0.3, -0.25) is 0 Å². The van der Waals surface area contributed by atoms with E-state index in [4.69, 9.17) is 0 Å². The molecule has 1 saturated carbocycles. The molecule has 2 rings (SSSR count). The largest absolute Gasteiger partial charge is 0.311 e. The molecule has 118 valence electrons. The van der Waals surface area contributed by atoms with E-state index in [1.165, 1.54) is 50.5 Å². The summed E-state index contributed by atoms with van der Waals surface area (Å²) < 4.78 is 0. The quantitative estimate of drug-likeness (QED) is 0.709. The van der Waals surface area contributed by atoms with Gasteiger partial charge in [0.15, 0.2) is 0 Å². The van der Waals surface area contributed by atoms with Crippen LogP contribution in [0.4, 0.5) is 0 Å². The highest BCUT2D eigenvalue weighted by Crippen LogP contribution is 2.29. The zero-order valence-electron chi connectivity index (χ0n) is 14.1. The molecule has 0 radical (unpaired) electrons. The highest BCUT2D eigenvalue weighted by atomic mass is 14.9. The highest BCUT2D eigenvalue weighted by molar-refractivity contribution is 5.14. The first kappa shape index (κ1) is 16.5. The Morgan fingerprint density at radius 1 is 1.00 bits per heavy atom. The van der Waals surface area contributed by atoms with Gasteiger partial charge >= 0.3 is 0 Å². The van der Waals surface area contributed by atoms with E-state index in [1.54, 1.807) is 0 Å². The summed E-state index contributed by atoms with van der Waals surface area (Å²) in [6.45, 7) is 7.13. The van der Waals surface area contributed by atoms with Crippen LogP contribution in [0.3, 0.4) is 0 Å². The number of hydrogen-bond acceptors (Lipinski definition) is 1. The molecule has 21 heavy (non-hydrogen) atoms. The van der Waals surface area contributed by atoms with Crippen molar-refractivity contribution in [2.24, 2.45) is 11.8 Å². The van der Waals surface area contributed by atoms with Gasteiger partial charge in [-0.15, -0.1) is 0 Å². The third-order valence-corrected chi connectivity index (χ3v) is 5.19. The Balaban J connectivity index is 1.71. The van der Waals surface area contributed by atoms with Crippen LogP contribution < -0.4 is 5.32 Å². The van der Waals surface area contributed by atoms with E-state index in [0.717, 1.165) is 17.9 Å². The molecule has 1 aliphatic carbocycles. The summed E-state index contributed by atoms with van der Waals surface area (Å²) in [5.74, 6) is 1.82. The van der Waals surface area contributed by atoms with E-state index in [9.17, 15) is 0 Å². The van der Waals surface area contributed by atoms with Crippen molar-refractivity contribution in [1.82, 2.24) is 5.32 Å². The number of benzene rings is 1. The van der Waals surface area contributed by atoms with Crippen molar-refractivity contribution in [3.8, 4) is 0 Å². The molecule has 1 N–H and O–H groups in total. The van der Waals surface area contributed by atoms with Crippen LogP contribution in [0, 0.1) is 11.8 Å². The smallest absolute Gasteiger partial charge is 0.00696 e. The Hall–Kier alpha value is -0.820. The molecule has 1 fully saturated rings. The predicted octanol–water partition coefficient (Wildman–Crippen LogP) is 5.20. The van der Waals surface area contributed by atoms with Crippen molar-refractivity contribution < 1.29 is 0 Å². The van der Waals surface area contributed by atoms with Crippen LogP contribution in [-0.4, -0.2) is 12.1 Å². The standard InChI is InChI=1S/C20H33N/c1-16(2)19-10-7-11-20(15-14-19)21-17(3)12-13-18-8-5-4-6-9-18/h4-6,8-9,16-17,19-21H,7,10-15H2,1-3H3. The molecule has 3 atom stereocenters. The maximum Gasteiger partial charge on any atom is 0.00696 e. The van der Waals surface area contributed by atoms with Crippen molar-refractivity contribution in [1.29, 1.82) is 0 Å². The molecule has 0 aromatic heterocycles. The maximum atomic E-state index is 3.89. The fourth-order valence-corrected chi connectivity index (χ4v) is 3.68. The molecular formula is C20H33N. The topological polar surface area (TPSA) is 12.0 Å². The van der Waals surface area contributed by atoms with Crippen molar-refractivity contribution in [3.63, 3.8) is 0 Å². The van der Waals surface area contributed by atoms with Gasteiger partial charge in [0.2, 0.25) is 0 Å². The van der Waals surface area contributed by atoms with Crippen LogP contribution in [0.15, 0.2) is 30.3 Å². The minimum Gasteiger partial charge on any atom is -0.311 e. The lowest BCUT2D eigenvalue weighted by atomic mass is 9.89. The Bertz CT molecular complexity index is 384. The first-order valence-corrected chi connectivity index (χ1v) is 8.95. The van der Waals surface area contributed by atoms with Crippen LogP contribution >= 0.6 is 0 Å². The number of nitrogens with one attached hydrogen (secondary N) is 1. The number of rotatable bonds is 6. The van der Waals surface area contributed by atoms with Crippen molar-refractivity contribution in [2.75, 3.05) is 0 Å². The first-order chi connectivity index (χ1) is 10.1. The van der Waals surface area contributed by atoms with E-state index in [-0.39, 0.29) is 0 Å². The monoisotopic (exact) mass is 287 g/mol. The summed E-state index contributed by atoms with van der Waals surface area (Å²) in [6, 6.07) is 12.2. The Morgan fingerprint density at radius 3 is 2.48 bits per heavy atom.